The van der Waals surface area contributed by atoms with Gasteiger partial charge in [0.1, 0.15) is 0 Å². The van der Waals surface area contributed by atoms with Gasteiger partial charge in [0.05, 0.1) is 15.1 Å². The van der Waals surface area contributed by atoms with Crippen LogP contribution in [0, 0.1) is 0 Å². The van der Waals surface area contributed by atoms with Crippen molar-refractivity contribution in [1.29, 1.82) is 0 Å². The van der Waals surface area contributed by atoms with Gasteiger partial charge in [-0.05, 0) is 51.5 Å². The lowest BCUT2D eigenvalue weighted by Crippen LogP contribution is -2.00. The lowest BCUT2D eigenvalue weighted by Gasteiger charge is -2.11. The van der Waals surface area contributed by atoms with E-state index in [2.05, 4.69) is 0 Å². The Kier molecular flexibility index (Phi) is 4.96. The van der Waals surface area contributed by atoms with Crippen LogP contribution in [-0.2, 0) is 0 Å². The van der Waals surface area contributed by atoms with Crippen molar-refractivity contribution in [2.45, 2.75) is 0 Å². The molecule has 0 saturated carbocycles. The first-order chi connectivity index (χ1) is 28.8. The molecule has 0 saturated heterocycles. The van der Waals surface area contributed by atoms with Crippen LogP contribution < -0.4 is 0 Å². The summed E-state index contributed by atoms with van der Waals surface area (Å²) in [6.45, 7) is 0. The Labute approximate surface area is 304 Å². The fraction of sp³-hybridized carbons (Fsp3) is 0. The van der Waals surface area contributed by atoms with E-state index in [0.717, 1.165) is 33.6 Å². The van der Waals surface area contributed by atoms with Crippen LogP contribution in [0.5, 0.6) is 0 Å². The summed E-state index contributed by atoms with van der Waals surface area (Å²) >= 11 is 0.861. The van der Waals surface area contributed by atoms with E-state index in [1.807, 2.05) is 109 Å². The van der Waals surface area contributed by atoms with Crippen molar-refractivity contribution in [2.75, 3.05) is 0 Å². The maximum absolute atomic E-state index is 9.66. The van der Waals surface area contributed by atoms with Crippen molar-refractivity contribution >= 4 is 31.5 Å². The summed E-state index contributed by atoms with van der Waals surface area (Å²) in [7, 11) is 0. The predicted octanol–water partition coefficient (Wildman–Crippen LogP) is 12.2. The molecule has 0 bridgehead atoms. The molecule has 0 aliphatic carbocycles. The smallest absolute Gasteiger partial charge is 0.164 e. The highest BCUT2D eigenvalue weighted by Gasteiger charge is 2.15. The quantitative estimate of drug-likeness (QED) is 0.179. The van der Waals surface area contributed by atoms with Crippen LogP contribution in [0.25, 0.3) is 87.7 Å². The van der Waals surface area contributed by atoms with E-state index < -0.39 is 60.4 Å². The third-order valence-corrected chi connectivity index (χ3v) is 9.27. The molecule has 0 N–H and O–H groups in total. The molecular formula is C45H29N3S. The molecule has 2 heterocycles. The Hall–Kier alpha value is -6.23. The second-order valence-corrected chi connectivity index (χ2v) is 12.2. The molecule has 0 unspecified atom stereocenters. The van der Waals surface area contributed by atoms with Gasteiger partial charge >= 0.3 is 0 Å². The zero-order valence-electron chi connectivity index (χ0n) is 36.6. The lowest BCUT2D eigenvalue weighted by molar-refractivity contribution is 1.07. The molecule has 9 rings (SSSR count). The molecular weight excluding hydrogens is 615 g/mol. The van der Waals surface area contributed by atoms with Crippen molar-refractivity contribution in [2.24, 2.45) is 0 Å². The molecule has 0 atom stereocenters. The minimum atomic E-state index is -0.600. The molecule has 230 valence electrons. The summed E-state index contributed by atoms with van der Waals surface area (Å²) in [6, 6.07) is 29.2. The van der Waals surface area contributed by atoms with Gasteiger partial charge < -0.3 is 0 Å². The van der Waals surface area contributed by atoms with Crippen molar-refractivity contribution in [1.82, 2.24) is 15.0 Å². The highest BCUT2D eigenvalue weighted by molar-refractivity contribution is 7.26. The molecule has 49 heavy (non-hydrogen) atoms. The normalized spacial score (nSPS) is 14.4. The maximum Gasteiger partial charge on any atom is 0.164 e. The van der Waals surface area contributed by atoms with E-state index in [0.29, 0.717) is 11.1 Å². The Bertz CT molecular complexity index is 3210. The average Bonchev–Trinajstić information content (AvgIpc) is 3.69. The fourth-order valence-corrected chi connectivity index (χ4v) is 6.81. The number of hydrogen-bond donors (Lipinski definition) is 0. The van der Waals surface area contributed by atoms with E-state index in [4.69, 9.17) is 28.7 Å². The van der Waals surface area contributed by atoms with Gasteiger partial charge in [-0.15, -0.1) is 11.3 Å². The predicted molar refractivity (Wildman–Crippen MR) is 205 cm³/mol. The van der Waals surface area contributed by atoms with E-state index in [-0.39, 0.29) is 60.4 Å². The summed E-state index contributed by atoms with van der Waals surface area (Å²) in [5.41, 5.74) is 4.34. The van der Waals surface area contributed by atoms with Gasteiger partial charge in [-0.3, -0.25) is 0 Å². The molecule has 2 aromatic heterocycles. The van der Waals surface area contributed by atoms with Crippen molar-refractivity contribution in [3.8, 4) is 67.5 Å². The molecule has 0 amide bonds. The summed E-state index contributed by atoms with van der Waals surface area (Å²) in [5.74, 6) is 0.286. The van der Waals surface area contributed by atoms with Gasteiger partial charge in [-0.2, -0.15) is 0 Å². The minimum Gasteiger partial charge on any atom is -0.208 e. The molecule has 7 aromatic carbocycles. The Morgan fingerprint density at radius 3 is 1.73 bits per heavy atom. The van der Waals surface area contributed by atoms with E-state index in [1.165, 1.54) is 0 Å². The Morgan fingerprint density at radius 2 is 0.959 bits per heavy atom. The van der Waals surface area contributed by atoms with Crippen molar-refractivity contribution in [3.63, 3.8) is 0 Å². The molecule has 0 aliphatic heterocycles. The van der Waals surface area contributed by atoms with Gasteiger partial charge in [0.15, 0.2) is 17.5 Å². The largest absolute Gasteiger partial charge is 0.208 e. The van der Waals surface area contributed by atoms with Crippen LogP contribution in [0.2, 0.25) is 0 Å². The molecule has 0 aliphatic rings. The van der Waals surface area contributed by atoms with E-state index in [1.54, 1.807) is 0 Å². The Morgan fingerprint density at radius 1 is 0.408 bits per heavy atom. The molecule has 3 nitrogen and oxygen atoms in total. The molecule has 0 radical (unpaired) electrons. The van der Waals surface area contributed by atoms with E-state index in [9.17, 15) is 1.37 Å². The second kappa shape index (κ2) is 12.4. The summed E-state index contributed by atoms with van der Waals surface area (Å²) in [6.07, 6.45) is 0. The average molecular weight is 655 g/mol. The number of nitrogens with zero attached hydrogens (tertiary/aromatic N) is 3. The minimum absolute atomic E-state index is 0.00925. The van der Waals surface area contributed by atoms with Crippen LogP contribution in [0.15, 0.2) is 176 Å². The van der Waals surface area contributed by atoms with E-state index >= 15 is 0 Å². The topological polar surface area (TPSA) is 38.7 Å². The number of rotatable bonds is 6. The van der Waals surface area contributed by atoms with Gasteiger partial charge in [0.2, 0.25) is 0 Å². The SMILES string of the molecule is [2H]c1c([2H])c(-c2nc(-c3ccc(-c4ccccc4)cc3)nc(-c3cccc(-c4ccccc4)c3)n2)c([2H])c(-c2c([2H])c([2H])c([2H])c3c2sc2c([2H])c([2H])c([2H])c([2H])c23)c1[2H]. The highest BCUT2D eigenvalue weighted by atomic mass is 32.1. The van der Waals surface area contributed by atoms with Crippen LogP contribution in [0.4, 0.5) is 0 Å². The molecule has 4 heteroatoms. The number of thiophene rings is 1. The van der Waals surface area contributed by atoms with Gasteiger partial charge in [-0.1, -0.05) is 158 Å². The monoisotopic (exact) mass is 654 g/mol. The zero-order chi connectivity index (χ0) is 42.1. The third-order valence-electron chi connectivity index (χ3n) is 8.15. The maximum atomic E-state index is 9.66. The number of benzene rings is 7. The standard InChI is InChI=1S/C45H29N3S/c1-3-12-30(13-4-1)32-24-26-33(27-25-32)43-46-44(36-18-9-16-34(28-36)31-14-5-2-6-15-31)48-45(47-43)37-19-10-17-35(29-37)38-21-11-22-40-39-20-7-8-23-41(39)49-42(38)40/h1-29H/i7D,8D,10D,11D,17D,19D,20D,21D,22D,23D,29D. The van der Waals surface area contributed by atoms with Crippen molar-refractivity contribution < 1.29 is 15.1 Å². The molecule has 0 spiro atoms. The summed E-state index contributed by atoms with van der Waals surface area (Å²) in [5, 5.41) is -0.0354. The summed E-state index contributed by atoms with van der Waals surface area (Å²) in [4.78, 5) is 14.5. The van der Waals surface area contributed by atoms with Crippen LogP contribution in [-0.4, -0.2) is 15.0 Å². The fourth-order valence-electron chi connectivity index (χ4n) is 5.74. The molecule has 0 fully saturated rings. The highest BCUT2D eigenvalue weighted by Crippen LogP contribution is 2.40. The van der Waals surface area contributed by atoms with Crippen LogP contribution in [0.3, 0.4) is 0 Å². The zero-order valence-corrected chi connectivity index (χ0v) is 26.5. The first-order valence-corrected chi connectivity index (χ1v) is 16.3. The third kappa shape index (κ3) is 5.58. The number of hydrogen-bond acceptors (Lipinski definition) is 4. The number of fused-ring (bicyclic) bond motifs is 3. The van der Waals surface area contributed by atoms with Crippen LogP contribution in [0.1, 0.15) is 15.1 Å². The second-order valence-electron chi connectivity index (χ2n) is 11.2. The van der Waals surface area contributed by atoms with Gasteiger partial charge in [-0.25, -0.2) is 15.0 Å². The van der Waals surface area contributed by atoms with Gasteiger partial charge in [0, 0.05) is 36.9 Å². The first kappa shape index (κ1) is 19.6. The van der Waals surface area contributed by atoms with Crippen molar-refractivity contribution in [3.05, 3.63) is 176 Å². The lowest BCUT2D eigenvalue weighted by atomic mass is 10.0. The Balaban J connectivity index is 1.32. The molecule has 9 aromatic rings. The number of aromatic nitrogens is 3. The van der Waals surface area contributed by atoms with Crippen LogP contribution >= 0.6 is 11.3 Å². The summed E-state index contributed by atoms with van der Waals surface area (Å²) < 4.78 is 97.7. The first-order valence-electron chi connectivity index (χ1n) is 21.0. The van der Waals surface area contributed by atoms with Gasteiger partial charge in [0.25, 0.3) is 0 Å².